The van der Waals surface area contributed by atoms with Crippen molar-refractivity contribution in [3.63, 3.8) is 0 Å². The van der Waals surface area contributed by atoms with Gasteiger partial charge in [0.2, 0.25) is 0 Å². The van der Waals surface area contributed by atoms with E-state index in [0.29, 0.717) is 6.04 Å². The third-order valence-corrected chi connectivity index (χ3v) is 4.28. The van der Waals surface area contributed by atoms with Crippen LogP contribution in [0.5, 0.6) is 0 Å². The summed E-state index contributed by atoms with van der Waals surface area (Å²) in [5, 5.41) is 3.67. The van der Waals surface area contributed by atoms with Gasteiger partial charge in [-0.1, -0.05) is 35.9 Å². The third-order valence-electron chi connectivity index (χ3n) is 4.28. The first kappa shape index (κ1) is 13.2. The van der Waals surface area contributed by atoms with E-state index in [0.717, 1.165) is 5.92 Å². The highest BCUT2D eigenvalue weighted by Crippen LogP contribution is 2.38. The second-order valence-corrected chi connectivity index (χ2v) is 6.30. The predicted octanol–water partition coefficient (Wildman–Crippen LogP) is 4.97. The zero-order chi connectivity index (χ0) is 14.1. The first-order valence-corrected chi connectivity index (χ1v) is 7.51. The monoisotopic (exact) mass is 265 g/mol. The van der Waals surface area contributed by atoms with E-state index >= 15 is 0 Å². The summed E-state index contributed by atoms with van der Waals surface area (Å²) in [6.45, 7) is 6.47. The van der Waals surface area contributed by atoms with Gasteiger partial charge in [-0.15, -0.1) is 0 Å². The number of hydrogen-bond acceptors (Lipinski definition) is 1. The standard InChI is InChI=1S/C19H23N/c1-13-4-6-16(7-5-13)17-11-19(12-17)20-18-9-14(2)8-15(3)10-18/h4-10,17,19-20H,11-12H2,1-3H3. The van der Waals surface area contributed by atoms with Crippen LogP contribution in [-0.2, 0) is 0 Å². The molecule has 0 atom stereocenters. The van der Waals surface area contributed by atoms with Gasteiger partial charge in [0.25, 0.3) is 0 Å². The van der Waals surface area contributed by atoms with Gasteiger partial charge in [0.05, 0.1) is 0 Å². The van der Waals surface area contributed by atoms with E-state index in [4.69, 9.17) is 0 Å². The topological polar surface area (TPSA) is 12.0 Å². The molecule has 2 aromatic carbocycles. The second-order valence-electron chi connectivity index (χ2n) is 6.30. The van der Waals surface area contributed by atoms with Gasteiger partial charge < -0.3 is 5.32 Å². The Morgan fingerprint density at radius 2 is 1.40 bits per heavy atom. The van der Waals surface area contributed by atoms with E-state index in [2.05, 4.69) is 68.6 Å². The highest BCUT2D eigenvalue weighted by molar-refractivity contribution is 5.49. The number of hydrogen-bond donors (Lipinski definition) is 1. The maximum atomic E-state index is 3.67. The Hall–Kier alpha value is -1.76. The average molecular weight is 265 g/mol. The van der Waals surface area contributed by atoms with Crippen molar-refractivity contribution in [2.24, 2.45) is 0 Å². The highest BCUT2D eigenvalue weighted by atomic mass is 14.9. The van der Waals surface area contributed by atoms with Crippen LogP contribution in [0.4, 0.5) is 5.69 Å². The van der Waals surface area contributed by atoms with Gasteiger partial charge in [-0.3, -0.25) is 0 Å². The van der Waals surface area contributed by atoms with Gasteiger partial charge in [0, 0.05) is 11.7 Å². The summed E-state index contributed by atoms with van der Waals surface area (Å²) in [4.78, 5) is 0. The second kappa shape index (κ2) is 5.32. The Bertz CT molecular complexity index is 571. The molecular weight excluding hydrogens is 242 g/mol. The van der Waals surface area contributed by atoms with Crippen LogP contribution in [-0.4, -0.2) is 6.04 Å². The van der Waals surface area contributed by atoms with Crippen LogP contribution >= 0.6 is 0 Å². The zero-order valence-electron chi connectivity index (χ0n) is 12.6. The van der Waals surface area contributed by atoms with Gasteiger partial charge in [-0.25, -0.2) is 0 Å². The molecule has 104 valence electrons. The van der Waals surface area contributed by atoms with Crippen molar-refractivity contribution in [2.45, 2.75) is 45.6 Å². The maximum Gasteiger partial charge on any atom is 0.0347 e. The molecule has 0 heterocycles. The molecule has 0 spiro atoms. The first-order valence-electron chi connectivity index (χ1n) is 7.51. The summed E-state index contributed by atoms with van der Waals surface area (Å²) in [6.07, 6.45) is 2.49. The molecule has 20 heavy (non-hydrogen) atoms. The summed E-state index contributed by atoms with van der Waals surface area (Å²) in [7, 11) is 0. The van der Waals surface area contributed by atoms with Crippen LogP contribution in [0.15, 0.2) is 42.5 Å². The van der Waals surface area contributed by atoms with Crippen molar-refractivity contribution in [1.29, 1.82) is 0 Å². The summed E-state index contributed by atoms with van der Waals surface area (Å²) in [5.41, 5.74) is 6.78. The lowest BCUT2D eigenvalue weighted by atomic mass is 9.75. The molecule has 1 N–H and O–H groups in total. The molecule has 1 aliphatic rings. The molecule has 3 rings (SSSR count). The summed E-state index contributed by atoms with van der Waals surface area (Å²) in [6, 6.07) is 16.3. The van der Waals surface area contributed by atoms with E-state index < -0.39 is 0 Å². The molecule has 0 aromatic heterocycles. The Kier molecular flexibility index (Phi) is 3.52. The highest BCUT2D eigenvalue weighted by Gasteiger charge is 2.30. The summed E-state index contributed by atoms with van der Waals surface area (Å²) >= 11 is 0. The molecule has 1 aliphatic carbocycles. The fraction of sp³-hybridized carbons (Fsp3) is 0.368. The van der Waals surface area contributed by atoms with Crippen molar-refractivity contribution in [3.05, 3.63) is 64.7 Å². The fourth-order valence-corrected chi connectivity index (χ4v) is 3.14. The van der Waals surface area contributed by atoms with Crippen molar-refractivity contribution in [3.8, 4) is 0 Å². The number of nitrogens with one attached hydrogen (secondary N) is 1. The number of aryl methyl sites for hydroxylation is 3. The van der Waals surface area contributed by atoms with Crippen LogP contribution in [0, 0.1) is 20.8 Å². The zero-order valence-corrected chi connectivity index (χ0v) is 12.6. The lowest BCUT2D eigenvalue weighted by Gasteiger charge is -2.37. The molecule has 1 heteroatoms. The summed E-state index contributed by atoms with van der Waals surface area (Å²) in [5.74, 6) is 0.735. The van der Waals surface area contributed by atoms with Crippen molar-refractivity contribution < 1.29 is 0 Å². The van der Waals surface area contributed by atoms with Gasteiger partial charge >= 0.3 is 0 Å². The largest absolute Gasteiger partial charge is 0.382 e. The van der Waals surface area contributed by atoms with Gasteiger partial charge in [-0.05, 0) is 68.4 Å². The van der Waals surface area contributed by atoms with Crippen LogP contribution in [0.3, 0.4) is 0 Å². The SMILES string of the molecule is Cc1ccc(C2CC(Nc3cc(C)cc(C)c3)C2)cc1. The molecule has 0 unspecified atom stereocenters. The molecule has 0 saturated heterocycles. The first-order chi connectivity index (χ1) is 9.60. The van der Waals surface area contributed by atoms with Crippen molar-refractivity contribution >= 4 is 5.69 Å². The molecule has 0 radical (unpaired) electrons. The number of anilines is 1. The van der Waals surface area contributed by atoms with Crippen LogP contribution in [0.2, 0.25) is 0 Å². The lowest BCUT2D eigenvalue weighted by Crippen LogP contribution is -2.34. The number of rotatable bonds is 3. The molecule has 1 fully saturated rings. The molecule has 1 nitrogen and oxygen atoms in total. The molecule has 0 bridgehead atoms. The van der Waals surface area contributed by atoms with E-state index in [1.165, 1.54) is 40.8 Å². The molecule has 2 aromatic rings. The maximum absolute atomic E-state index is 3.67. The normalized spacial score (nSPS) is 21.4. The summed E-state index contributed by atoms with van der Waals surface area (Å²) < 4.78 is 0. The number of benzene rings is 2. The molecular formula is C19H23N. The van der Waals surface area contributed by atoms with Gasteiger partial charge in [-0.2, -0.15) is 0 Å². The third kappa shape index (κ3) is 2.87. The van der Waals surface area contributed by atoms with E-state index in [-0.39, 0.29) is 0 Å². The average Bonchev–Trinajstić information content (AvgIpc) is 2.33. The quantitative estimate of drug-likeness (QED) is 0.826. The Morgan fingerprint density at radius 1 is 0.800 bits per heavy atom. The Balaban J connectivity index is 1.59. The van der Waals surface area contributed by atoms with E-state index in [1.807, 2.05) is 0 Å². The lowest BCUT2D eigenvalue weighted by molar-refractivity contribution is 0.374. The Morgan fingerprint density at radius 3 is 2.00 bits per heavy atom. The van der Waals surface area contributed by atoms with Gasteiger partial charge in [0.15, 0.2) is 0 Å². The predicted molar refractivity (Wildman–Crippen MR) is 86.5 cm³/mol. The van der Waals surface area contributed by atoms with Gasteiger partial charge in [0.1, 0.15) is 0 Å². The Labute approximate surface area is 122 Å². The van der Waals surface area contributed by atoms with Crippen LogP contribution in [0.25, 0.3) is 0 Å². The molecule has 0 amide bonds. The van der Waals surface area contributed by atoms with E-state index in [9.17, 15) is 0 Å². The van der Waals surface area contributed by atoms with Crippen molar-refractivity contribution in [1.82, 2.24) is 0 Å². The molecule has 1 saturated carbocycles. The van der Waals surface area contributed by atoms with Crippen molar-refractivity contribution in [2.75, 3.05) is 5.32 Å². The fourth-order valence-electron chi connectivity index (χ4n) is 3.14. The van der Waals surface area contributed by atoms with Crippen LogP contribution in [0.1, 0.15) is 41.0 Å². The molecule has 0 aliphatic heterocycles. The van der Waals surface area contributed by atoms with E-state index in [1.54, 1.807) is 0 Å². The minimum Gasteiger partial charge on any atom is -0.382 e. The minimum absolute atomic E-state index is 0.627. The minimum atomic E-state index is 0.627. The smallest absolute Gasteiger partial charge is 0.0347 e. The van der Waals surface area contributed by atoms with Crippen LogP contribution < -0.4 is 5.32 Å².